The van der Waals surface area contributed by atoms with Crippen molar-refractivity contribution >= 4 is 11.7 Å². The third-order valence-electron chi connectivity index (χ3n) is 2.25. The molecular weight excluding hydrogens is 225 g/mol. The summed E-state index contributed by atoms with van der Waals surface area (Å²) >= 11 is 0. The Morgan fingerprint density at radius 1 is 1.47 bits per heavy atom. The van der Waals surface area contributed by atoms with Gasteiger partial charge in [-0.3, -0.25) is 0 Å². The van der Waals surface area contributed by atoms with Gasteiger partial charge in [0.25, 0.3) is 0 Å². The quantitative estimate of drug-likeness (QED) is 0.538. The van der Waals surface area contributed by atoms with Crippen LogP contribution in [0.1, 0.15) is 22.8 Å². The van der Waals surface area contributed by atoms with Crippen molar-refractivity contribution in [2.24, 2.45) is 11.6 Å². The molecule has 6 heteroatoms. The number of aromatic carboxylic acids is 1. The predicted molar refractivity (Wildman–Crippen MR) is 62.1 cm³/mol. The van der Waals surface area contributed by atoms with Gasteiger partial charge in [0.05, 0.1) is 11.3 Å². The highest BCUT2D eigenvalue weighted by atomic mass is 19.1. The molecule has 0 aliphatic carbocycles. The van der Waals surface area contributed by atoms with Gasteiger partial charge in [0.15, 0.2) is 0 Å². The molecule has 0 aromatic heterocycles. The second kappa shape index (κ2) is 5.31. The Bertz CT molecular complexity index is 460. The van der Waals surface area contributed by atoms with E-state index in [1.807, 2.05) is 0 Å². The lowest BCUT2D eigenvalue weighted by Crippen LogP contribution is -2.29. The van der Waals surface area contributed by atoms with E-state index in [1.165, 1.54) is 23.3 Å². The first kappa shape index (κ1) is 13.0. The van der Waals surface area contributed by atoms with Crippen molar-refractivity contribution in [3.8, 4) is 0 Å². The predicted octanol–water partition coefficient (Wildman–Crippen LogP) is 0.977. The Morgan fingerprint density at radius 3 is 2.53 bits per heavy atom. The zero-order valence-corrected chi connectivity index (χ0v) is 9.35. The normalized spacial score (nSPS) is 11.4. The number of carboxylic acids is 1. The topological polar surface area (TPSA) is 92.6 Å². The number of nitrogens with zero attached hydrogens (tertiary/aromatic N) is 1. The van der Waals surface area contributed by atoms with Crippen LogP contribution in [-0.2, 0) is 0 Å². The number of rotatable bonds is 4. The number of nitrogens with two attached hydrogens (primary N) is 2. The van der Waals surface area contributed by atoms with Gasteiger partial charge in [0.2, 0.25) is 0 Å². The summed E-state index contributed by atoms with van der Waals surface area (Å²) in [4.78, 5) is 10.8. The van der Waals surface area contributed by atoms with Gasteiger partial charge in [0.1, 0.15) is 5.82 Å². The zero-order chi connectivity index (χ0) is 13.0. The summed E-state index contributed by atoms with van der Waals surface area (Å²) < 4.78 is 13.3. The van der Waals surface area contributed by atoms with E-state index in [1.54, 1.807) is 6.92 Å². The molecule has 0 heterocycles. The van der Waals surface area contributed by atoms with Gasteiger partial charge >= 0.3 is 5.97 Å². The summed E-state index contributed by atoms with van der Waals surface area (Å²) in [5.74, 6) is 3.80. The highest BCUT2D eigenvalue weighted by Crippen LogP contribution is 2.19. The molecular formula is C11H14FN3O2. The summed E-state index contributed by atoms with van der Waals surface area (Å²) in [5.41, 5.74) is 5.95. The molecule has 0 fully saturated rings. The molecule has 5 N–H and O–H groups in total. The fourth-order valence-corrected chi connectivity index (χ4v) is 1.39. The highest BCUT2D eigenvalue weighted by molar-refractivity contribution is 5.88. The van der Waals surface area contributed by atoms with E-state index in [4.69, 9.17) is 16.7 Å². The smallest absolute Gasteiger partial charge is 0.335 e. The third-order valence-corrected chi connectivity index (χ3v) is 2.25. The van der Waals surface area contributed by atoms with Gasteiger partial charge in [-0.05, 0) is 25.1 Å². The van der Waals surface area contributed by atoms with Gasteiger partial charge in [-0.15, -0.1) is 0 Å². The van der Waals surface area contributed by atoms with Crippen LogP contribution in [-0.4, -0.2) is 22.6 Å². The number of hydrogen-bond donors (Lipinski definition) is 3. The second-order valence-electron chi connectivity index (χ2n) is 3.37. The Balaban J connectivity index is 3.26. The summed E-state index contributed by atoms with van der Waals surface area (Å²) in [7, 11) is 0. The zero-order valence-electron chi connectivity index (χ0n) is 9.35. The SMILES string of the molecule is CCN(N)/C(=C\N)c1cc(F)cc(C(=O)O)c1. The fraction of sp³-hybridized carbons (Fsp3) is 0.182. The molecule has 0 saturated carbocycles. The van der Waals surface area contributed by atoms with E-state index in [0.29, 0.717) is 17.8 Å². The van der Waals surface area contributed by atoms with E-state index >= 15 is 0 Å². The standard InChI is InChI=1S/C11H14FN3O2/c1-2-15(14)10(6-13)7-3-8(11(16)17)5-9(12)4-7/h3-6H,2,13-14H2,1H3,(H,16,17)/b10-6-. The van der Waals surface area contributed by atoms with Gasteiger partial charge in [-0.25, -0.2) is 15.0 Å². The van der Waals surface area contributed by atoms with Crippen molar-refractivity contribution in [1.29, 1.82) is 0 Å². The first-order chi connectivity index (χ1) is 7.99. The third kappa shape index (κ3) is 2.94. The van der Waals surface area contributed by atoms with E-state index < -0.39 is 11.8 Å². The Morgan fingerprint density at radius 2 is 2.06 bits per heavy atom. The van der Waals surface area contributed by atoms with Crippen molar-refractivity contribution in [2.45, 2.75) is 6.92 Å². The van der Waals surface area contributed by atoms with Gasteiger partial charge in [0, 0.05) is 18.3 Å². The van der Waals surface area contributed by atoms with Crippen molar-refractivity contribution in [1.82, 2.24) is 5.01 Å². The van der Waals surface area contributed by atoms with Crippen molar-refractivity contribution in [2.75, 3.05) is 6.54 Å². The van der Waals surface area contributed by atoms with Crippen LogP contribution >= 0.6 is 0 Å². The largest absolute Gasteiger partial charge is 0.478 e. The highest BCUT2D eigenvalue weighted by Gasteiger charge is 2.12. The number of carboxylic acid groups (broad SMARTS) is 1. The molecule has 0 unspecified atom stereocenters. The van der Waals surface area contributed by atoms with E-state index in [9.17, 15) is 9.18 Å². The number of carbonyl (C=O) groups is 1. The summed E-state index contributed by atoms with van der Waals surface area (Å²) in [6.45, 7) is 2.25. The molecule has 0 atom stereocenters. The Labute approximate surface area is 98.1 Å². The Hall–Kier alpha value is -2.08. The molecule has 0 bridgehead atoms. The molecule has 5 nitrogen and oxygen atoms in total. The number of benzene rings is 1. The van der Waals surface area contributed by atoms with Crippen LogP contribution in [0.3, 0.4) is 0 Å². The minimum Gasteiger partial charge on any atom is -0.478 e. The van der Waals surface area contributed by atoms with Gasteiger partial charge in [-0.1, -0.05) is 0 Å². The van der Waals surface area contributed by atoms with E-state index in [2.05, 4.69) is 0 Å². The van der Waals surface area contributed by atoms with E-state index in [-0.39, 0.29) is 5.56 Å². The molecule has 0 aliphatic rings. The number of halogens is 1. The lowest BCUT2D eigenvalue weighted by molar-refractivity contribution is 0.0696. The molecule has 92 valence electrons. The van der Waals surface area contributed by atoms with Crippen molar-refractivity contribution < 1.29 is 14.3 Å². The summed E-state index contributed by atoms with van der Waals surface area (Å²) in [5, 5.41) is 10.1. The minimum atomic E-state index is -1.21. The molecule has 1 aromatic rings. The van der Waals surface area contributed by atoms with Crippen LogP contribution in [0.5, 0.6) is 0 Å². The summed E-state index contributed by atoms with van der Waals surface area (Å²) in [6.07, 6.45) is 1.21. The maximum atomic E-state index is 13.3. The molecule has 0 amide bonds. The molecule has 0 spiro atoms. The van der Waals surface area contributed by atoms with Gasteiger partial charge in [-0.2, -0.15) is 0 Å². The van der Waals surface area contributed by atoms with Crippen molar-refractivity contribution in [3.63, 3.8) is 0 Å². The van der Waals surface area contributed by atoms with Crippen LogP contribution in [0.2, 0.25) is 0 Å². The average Bonchev–Trinajstić information content (AvgIpc) is 2.28. The van der Waals surface area contributed by atoms with Gasteiger partial charge < -0.3 is 15.8 Å². The maximum absolute atomic E-state index is 13.3. The molecule has 17 heavy (non-hydrogen) atoms. The first-order valence-electron chi connectivity index (χ1n) is 4.98. The fourth-order valence-electron chi connectivity index (χ4n) is 1.39. The van der Waals surface area contributed by atoms with Crippen LogP contribution < -0.4 is 11.6 Å². The lowest BCUT2D eigenvalue weighted by Gasteiger charge is -2.20. The maximum Gasteiger partial charge on any atom is 0.335 e. The lowest BCUT2D eigenvalue weighted by atomic mass is 10.1. The average molecular weight is 239 g/mol. The first-order valence-corrected chi connectivity index (χ1v) is 4.98. The minimum absolute atomic E-state index is 0.149. The number of hydrogen-bond acceptors (Lipinski definition) is 4. The van der Waals surface area contributed by atoms with Crippen molar-refractivity contribution in [3.05, 3.63) is 41.3 Å². The molecule has 1 aromatic carbocycles. The molecule has 0 aliphatic heterocycles. The molecule has 0 radical (unpaired) electrons. The van der Waals surface area contributed by atoms with Crippen LogP contribution in [0.15, 0.2) is 24.4 Å². The van der Waals surface area contributed by atoms with Crippen LogP contribution in [0.4, 0.5) is 4.39 Å². The second-order valence-corrected chi connectivity index (χ2v) is 3.37. The molecule has 0 saturated heterocycles. The summed E-state index contributed by atoms with van der Waals surface area (Å²) in [6, 6.07) is 3.44. The Kier molecular flexibility index (Phi) is 4.06. The molecule has 1 rings (SSSR count). The monoisotopic (exact) mass is 239 g/mol. The van der Waals surface area contributed by atoms with Crippen LogP contribution in [0.25, 0.3) is 5.70 Å². The number of hydrazine groups is 1. The van der Waals surface area contributed by atoms with Crippen LogP contribution in [0, 0.1) is 5.82 Å². The van der Waals surface area contributed by atoms with E-state index in [0.717, 1.165) is 6.07 Å².